The highest BCUT2D eigenvalue weighted by atomic mass is 15.0. The lowest BCUT2D eigenvalue weighted by Gasteiger charge is -2.11. The van der Waals surface area contributed by atoms with E-state index in [1.165, 1.54) is 263 Å². The second kappa shape index (κ2) is 39.4. The molecule has 0 saturated carbocycles. The molecule has 0 atom stereocenters. The van der Waals surface area contributed by atoms with Gasteiger partial charge in [-0.3, -0.25) is 0 Å². The fourth-order valence-electron chi connectivity index (χ4n) is 8.14. The SMILES string of the molecule is CCCCCCCCCCCCCCCCc1ccc[n+](CCCCCCCCCCCC)c1CCCCCCCCCCCCCCCC. The molecule has 0 radical (unpaired) electrons. The second-order valence-corrected chi connectivity index (χ2v) is 16.5. The van der Waals surface area contributed by atoms with Crippen molar-refractivity contribution in [2.24, 2.45) is 0 Å². The number of rotatable bonds is 41. The molecule has 0 unspecified atom stereocenters. The highest BCUT2D eigenvalue weighted by Gasteiger charge is 2.15. The summed E-state index contributed by atoms with van der Waals surface area (Å²) in [7, 11) is 0. The van der Waals surface area contributed by atoms with Crippen LogP contribution in [0.1, 0.15) is 276 Å². The highest BCUT2D eigenvalue weighted by Crippen LogP contribution is 2.18. The summed E-state index contributed by atoms with van der Waals surface area (Å²) in [5, 5.41) is 0. The molecule has 1 heteroatoms. The molecule has 1 aromatic rings. The molecule has 0 bridgehead atoms. The maximum Gasteiger partial charge on any atom is 0.184 e. The quantitative estimate of drug-likeness (QED) is 0.0474. The van der Waals surface area contributed by atoms with E-state index >= 15 is 0 Å². The molecule has 1 rings (SSSR count). The van der Waals surface area contributed by atoms with E-state index in [-0.39, 0.29) is 0 Å². The first-order valence-corrected chi connectivity index (χ1v) is 23.8. The van der Waals surface area contributed by atoms with Crippen molar-refractivity contribution in [3.63, 3.8) is 0 Å². The van der Waals surface area contributed by atoms with Crippen molar-refractivity contribution < 1.29 is 4.57 Å². The van der Waals surface area contributed by atoms with E-state index in [2.05, 4.69) is 43.7 Å². The Kier molecular flexibility index (Phi) is 37.1. The molecule has 0 fully saturated rings. The van der Waals surface area contributed by atoms with Crippen molar-refractivity contribution in [1.29, 1.82) is 0 Å². The van der Waals surface area contributed by atoms with E-state index in [0.717, 1.165) is 0 Å². The van der Waals surface area contributed by atoms with Gasteiger partial charge >= 0.3 is 0 Å². The van der Waals surface area contributed by atoms with Gasteiger partial charge in [-0.05, 0) is 31.7 Å². The van der Waals surface area contributed by atoms with Gasteiger partial charge in [-0.25, -0.2) is 4.57 Å². The average molecular weight is 697 g/mol. The van der Waals surface area contributed by atoms with E-state index in [4.69, 9.17) is 0 Å². The molecule has 0 saturated heterocycles. The molecule has 294 valence electrons. The fourth-order valence-corrected chi connectivity index (χ4v) is 8.14. The molecule has 1 aromatic heterocycles. The maximum atomic E-state index is 2.69. The standard InChI is InChI=1S/C49H94N/c1-4-7-10-13-16-19-22-24-26-28-30-33-36-39-43-48-44-42-47-50(46-41-38-35-32-21-18-15-12-9-6-3)49(48)45-40-37-34-31-29-27-25-23-20-17-14-11-8-5-2/h42,44,47H,4-41,43,45-46H2,1-3H3/q+1. The van der Waals surface area contributed by atoms with Crippen LogP contribution in [0.15, 0.2) is 18.3 Å². The Bertz CT molecular complexity index is 783. The molecule has 50 heavy (non-hydrogen) atoms. The monoisotopic (exact) mass is 697 g/mol. The fraction of sp³-hybridized carbons (Fsp3) is 0.898. The Hall–Kier alpha value is -0.850. The summed E-state index contributed by atoms with van der Waals surface area (Å²) in [5.41, 5.74) is 3.37. The Morgan fingerprint density at radius 2 is 0.600 bits per heavy atom. The topological polar surface area (TPSA) is 3.88 Å². The van der Waals surface area contributed by atoms with E-state index in [0.29, 0.717) is 0 Å². The van der Waals surface area contributed by atoms with Crippen LogP contribution in [0.3, 0.4) is 0 Å². The lowest BCUT2D eigenvalue weighted by atomic mass is 9.99. The van der Waals surface area contributed by atoms with Crippen LogP contribution in [0.2, 0.25) is 0 Å². The molecular weight excluding hydrogens is 603 g/mol. The minimum Gasteiger partial charge on any atom is -0.202 e. The summed E-state index contributed by atoms with van der Waals surface area (Å²) < 4.78 is 2.69. The minimum atomic E-state index is 1.23. The first-order chi connectivity index (χ1) is 24.8. The van der Waals surface area contributed by atoms with Crippen molar-refractivity contribution in [3.8, 4) is 0 Å². The van der Waals surface area contributed by atoms with Gasteiger partial charge in [-0.2, -0.15) is 0 Å². The zero-order valence-electron chi connectivity index (χ0n) is 35.2. The van der Waals surface area contributed by atoms with Crippen LogP contribution in [0, 0.1) is 0 Å². The predicted octanol–water partition coefficient (Wildman–Crippen LogP) is 16.9. The number of aromatic nitrogens is 1. The molecule has 1 nitrogen and oxygen atoms in total. The molecule has 0 aliphatic heterocycles. The normalized spacial score (nSPS) is 11.6. The Morgan fingerprint density at radius 3 is 0.940 bits per heavy atom. The van der Waals surface area contributed by atoms with Gasteiger partial charge in [0.2, 0.25) is 0 Å². The Morgan fingerprint density at radius 1 is 0.320 bits per heavy atom. The van der Waals surface area contributed by atoms with Crippen molar-refractivity contribution in [2.45, 2.75) is 284 Å². The zero-order chi connectivity index (χ0) is 35.8. The molecule has 0 spiro atoms. The number of aryl methyl sites for hydroxylation is 2. The van der Waals surface area contributed by atoms with Gasteiger partial charge in [0.25, 0.3) is 0 Å². The Labute approximate surface area is 317 Å². The van der Waals surface area contributed by atoms with Gasteiger partial charge < -0.3 is 0 Å². The third-order valence-electron chi connectivity index (χ3n) is 11.6. The van der Waals surface area contributed by atoms with Crippen LogP contribution in [0.4, 0.5) is 0 Å². The largest absolute Gasteiger partial charge is 0.202 e. The van der Waals surface area contributed by atoms with Crippen molar-refractivity contribution >= 4 is 0 Å². The van der Waals surface area contributed by atoms with Crippen LogP contribution in [0.25, 0.3) is 0 Å². The third-order valence-corrected chi connectivity index (χ3v) is 11.6. The summed E-state index contributed by atoms with van der Waals surface area (Å²) >= 11 is 0. The highest BCUT2D eigenvalue weighted by molar-refractivity contribution is 5.16. The van der Waals surface area contributed by atoms with Gasteiger partial charge in [-0.15, -0.1) is 0 Å². The number of hydrogen-bond acceptors (Lipinski definition) is 0. The maximum absolute atomic E-state index is 2.69. The smallest absolute Gasteiger partial charge is 0.184 e. The number of pyridine rings is 1. The Balaban J connectivity index is 2.34. The lowest BCUT2D eigenvalue weighted by Crippen LogP contribution is -2.39. The van der Waals surface area contributed by atoms with E-state index < -0.39 is 0 Å². The number of unbranched alkanes of at least 4 members (excludes halogenated alkanes) is 35. The summed E-state index contributed by atoms with van der Waals surface area (Å²) in [5.74, 6) is 0. The van der Waals surface area contributed by atoms with Gasteiger partial charge in [0.1, 0.15) is 6.54 Å². The first-order valence-electron chi connectivity index (χ1n) is 23.8. The minimum absolute atomic E-state index is 1.23. The average Bonchev–Trinajstić information content (AvgIpc) is 3.13. The summed E-state index contributed by atoms with van der Waals surface area (Å²) in [6.07, 6.45) is 59.7. The molecule has 1 heterocycles. The van der Waals surface area contributed by atoms with E-state index in [1.807, 2.05) is 0 Å². The zero-order valence-corrected chi connectivity index (χ0v) is 35.2. The van der Waals surface area contributed by atoms with Crippen molar-refractivity contribution in [2.75, 3.05) is 0 Å². The summed E-state index contributed by atoms with van der Waals surface area (Å²) in [6, 6.07) is 4.85. The van der Waals surface area contributed by atoms with E-state index in [9.17, 15) is 0 Å². The molecule has 0 amide bonds. The number of nitrogens with zero attached hydrogens (tertiary/aromatic N) is 1. The van der Waals surface area contributed by atoms with Crippen LogP contribution in [-0.2, 0) is 19.4 Å². The summed E-state index contributed by atoms with van der Waals surface area (Å²) in [4.78, 5) is 0. The van der Waals surface area contributed by atoms with Crippen molar-refractivity contribution in [1.82, 2.24) is 0 Å². The van der Waals surface area contributed by atoms with Crippen LogP contribution < -0.4 is 4.57 Å². The van der Waals surface area contributed by atoms with Gasteiger partial charge in [-0.1, -0.05) is 239 Å². The molecule has 0 aliphatic rings. The van der Waals surface area contributed by atoms with Crippen LogP contribution in [-0.4, -0.2) is 0 Å². The third kappa shape index (κ3) is 30.7. The second-order valence-electron chi connectivity index (χ2n) is 16.5. The summed E-state index contributed by atoms with van der Waals surface area (Å²) in [6.45, 7) is 8.18. The van der Waals surface area contributed by atoms with Gasteiger partial charge in [0.15, 0.2) is 11.9 Å². The van der Waals surface area contributed by atoms with E-state index in [1.54, 1.807) is 11.3 Å². The van der Waals surface area contributed by atoms with Crippen LogP contribution >= 0.6 is 0 Å². The van der Waals surface area contributed by atoms with Crippen LogP contribution in [0.5, 0.6) is 0 Å². The molecule has 0 aliphatic carbocycles. The van der Waals surface area contributed by atoms with Crippen molar-refractivity contribution in [3.05, 3.63) is 29.6 Å². The molecule has 0 aromatic carbocycles. The lowest BCUT2D eigenvalue weighted by molar-refractivity contribution is -0.705. The first kappa shape index (κ1) is 47.2. The molecule has 0 N–H and O–H groups in total. The van der Waals surface area contributed by atoms with Gasteiger partial charge in [0, 0.05) is 24.5 Å². The number of hydrogen-bond donors (Lipinski definition) is 0. The van der Waals surface area contributed by atoms with Gasteiger partial charge in [0.05, 0.1) is 0 Å². The predicted molar refractivity (Wildman–Crippen MR) is 227 cm³/mol. The molecular formula is C49H94N+.